The summed E-state index contributed by atoms with van der Waals surface area (Å²) < 4.78 is 6.85. The number of furan rings is 1. The summed E-state index contributed by atoms with van der Waals surface area (Å²) in [6.07, 6.45) is 7.43. The summed E-state index contributed by atoms with van der Waals surface area (Å²) in [5.74, 6) is 0. The molecular formula is C44H28N2O. The second-order valence-electron chi connectivity index (χ2n) is 11.9. The minimum atomic E-state index is 0.878. The number of rotatable bonds is 5. The summed E-state index contributed by atoms with van der Waals surface area (Å²) >= 11 is 0. The van der Waals surface area contributed by atoms with Gasteiger partial charge in [0.25, 0.3) is 0 Å². The van der Waals surface area contributed by atoms with Crippen LogP contribution in [-0.4, -0.2) is 9.97 Å². The van der Waals surface area contributed by atoms with Gasteiger partial charge in [-0.15, -0.1) is 0 Å². The van der Waals surface area contributed by atoms with Crippen LogP contribution in [0.15, 0.2) is 175 Å². The molecule has 0 saturated carbocycles. The molecule has 0 saturated heterocycles. The Morgan fingerprint density at radius 3 is 1.51 bits per heavy atom. The van der Waals surface area contributed by atoms with Crippen molar-refractivity contribution in [2.75, 3.05) is 0 Å². The standard InChI is InChI=1S/C44H28N2O/c1-2-8-32-23-33(20-17-29(32)7-1)30-15-18-31(19-16-30)39-11-3-13-41-42-14-4-12-40(44(42)47-43(39)41)38-25-36(34-9-5-21-45-27-34)24-37(26-38)35-10-6-22-46-28-35/h1-28H. The zero-order valence-corrected chi connectivity index (χ0v) is 25.5. The van der Waals surface area contributed by atoms with Gasteiger partial charge < -0.3 is 4.42 Å². The van der Waals surface area contributed by atoms with E-state index in [1.54, 1.807) is 12.4 Å². The van der Waals surface area contributed by atoms with E-state index in [0.29, 0.717) is 0 Å². The fourth-order valence-corrected chi connectivity index (χ4v) is 6.67. The van der Waals surface area contributed by atoms with Gasteiger partial charge in [-0.05, 0) is 80.6 Å². The number of pyridine rings is 2. The van der Waals surface area contributed by atoms with Crippen LogP contribution in [-0.2, 0) is 0 Å². The fourth-order valence-electron chi connectivity index (χ4n) is 6.67. The van der Waals surface area contributed by atoms with Gasteiger partial charge in [0, 0.05) is 57.8 Å². The zero-order chi connectivity index (χ0) is 31.2. The minimum absolute atomic E-state index is 0.878. The predicted octanol–water partition coefficient (Wildman–Crippen LogP) is 11.9. The van der Waals surface area contributed by atoms with Crippen molar-refractivity contribution in [3.8, 4) is 55.6 Å². The van der Waals surface area contributed by atoms with Gasteiger partial charge in [0.15, 0.2) is 0 Å². The molecule has 3 aromatic heterocycles. The third kappa shape index (κ3) is 4.86. The minimum Gasteiger partial charge on any atom is -0.455 e. The SMILES string of the molecule is c1cncc(-c2cc(-c3cccnc3)cc(-c3cccc4c3oc3c(-c5ccc(-c6ccc7ccccc7c6)cc5)cccc34)c2)c1. The van der Waals surface area contributed by atoms with Crippen LogP contribution in [0.5, 0.6) is 0 Å². The molecule has 0 radical (unpaired) electrons. The quantitative estimate of drug-likeness (QED) is 0.197. The van der Waals surface area contributed by atoms with Crippen molar-refractivity contribution in [1.82, 2.24) is 9.97 Å². The lowest BCUT2D eigenvalue weighted by Crippen LogP contribution is -1.87. The van der Waals surface area contributed by atoms with Crippen molar-refractivity contribution in [3.63, 3.8) is 0 Å². The highest BCUT2D eigenvalue weighted by Gasteiger charge is 2.17. The number of hydrogen-bond acceptors (Lipinski definition) is 3. The molecule has 0 aliphatic rings. The molecule has 3 nitrogen and oxygen atoms in total. The lowest BCUT2D eigenvalue weighted by Gasteiger charge is -2.11. The maximum atomic E-state index is 6.85. The average molecular weight is 601 g/mol. The number of aromatic nitrogens is 2. The third-order valence-corrected chi connectivity index (χ3v) is 9.04. The van der Waals surface area contributed by atoms with Crippen molar-refractivity contribution >= 4 is 32.7 Å². The second-order valence-corrected chi connectivity index (χ2v) is 11.9. The summed E-state index contributed by atoms with van der Waals surface area (Å²) in [6.45, 7) is 0. The molecule has 0 fully saturated rings. The van der Waals surface area contributed by atoms with Crippen LogP contribution in [0.4, 0.5) is 0 Å². The summed E-state index contributed by atoms with van der Waals surface area (Å²) in [5.41, 5.74) is 12.8. The Labute approximate surface area is 272 Å². The molecule has 0 spiro atoms. The topological polar surface area (TPSA) is 38.9 Å². The fraction of sp³-hybridized carbons (Fsp3) is 0. The Morgan fingerprint density at radius 2 is 0.894 bits per heavy atom. The van der Waals surface area contributed by atoms with Crippen molar-refractivity contribution in [2.45, 2.75) is 0 Å². The van der Waals surface area contributed by atoms with Gasteiger partial charge in [0.1, 0.15) is 11.2 Å². The molecule has 0 bridgehead atoms. The largest absolute Gasteiger partial charge is 0.455 e. The molecule has 47 heavy (non-hydrogen) atoms. The van der Waals surface area contributed by atoms with Gasteiger partial charge in [-0.3, -0.25) is 9.97 Å². The summed E-state index contributed by atoms with van der Waals surface area (Å²) in [7, 11) is 0. The number of nitrogens with zero attached hydrogens (tertiary/aromatic N) is 2. The van der Waals surface area contributed by atoms with Gasteiger partial charge >= 0.3 is 0 Å². The van der Waals surface area contributed by atoms with E-state index >= 15 is 0 Å². The lowest BCUT2D eigenvalue weighted by atomic mass is 9.93. The molecule has 0 unspecified atom stereocenters. The monoisotopic (exact) mass is 600 g/mol. The van der Waals surface area contributed by atoms with Crippen molar-refractivity contribution < 1.29 is 4.42 Å². The van der Waals surface area contributed by atoms with Crippen LogP contribution >= 0.6 is 0 Å². The molecular weight excluding hydrogens is 572 g/mol. The van der Waals surface area contributed by atoms with E-state index in [1.807, 2.05) is 24.5 Å². The molecule has 9 aromatic rings. The molecule has 0 N–H and O–H groups in total. The molecule has 9 rings (SSSR count). The molecule has 6 aromatic carbocycles. The first-order valence-corrected chi connectivity index (χ1v) is 15.8. The van der Waals surface area contributed by atoms with Crippen molar-refractivity contribution in [3.05, 3.63) is 170 Å². The van der Waals surface area contributed by atoms with Gasteiger partial charge in [0.05, 0.1) is 0 Å². The Balaban J connectivity index is 1.17. The van der Waals surface area contributed by atoms with E-state index in [0.717, 1.165) is 66.4 Å². The number of hydrogen-bond donors (Lipinski definition) is 0. The van der Waals surface area contributed by atoms with Gasteiger partial charge in [-0.1, -0.05) is 109 Å². The average Bonchev–Trinajstić information content (AvgIpc) is 3.54. The van der Waals surface area contributed by atoms with Gasteiger partial charge in [-0.25, -0.2) is 0 Å². The smallest absolute Gasteiger partial charge is 0.143 e. The van der Waals surface area contributed by atoms with E-state index in [-0.39, 0.29) is 0 Å². The van der Waals surface area contributed by atoms with Crippen molar-refractivity contribution in [1.29, 1.82) is 0 Å². The highest BCUT2D eigenvalue weighted by molar-refractivity contribution is 6.13. The first-order valence-electron chi connectivity index (χ1n) is 15.8. The Hall–Kier alpha value is -6.32. The van der Waals surface area contributed by atoms with Crippen LogP contribution in [0.1, 0.15) is 0 Å². The van der Waals surface area contributed by atoms with Crippen LogP contribution in [0.25, 0.3) is 88.3 Å². The van der Waals surface area contributed by atoms with Crippen LogP contribution in [0, 0.1) is 0 Å². The molecule has 0 atom stereocenters. The predicted molar refractivity (Wildman–Crippen MR) is 194 cm³/mol. The highest BCUT2D eigenvalue weighted by atomic mass is 16.3. The summed E-state index contributed by atoms with van der Waals surface area (Å²) in [5, 5.41) is 4.70. The summed E-state index contributed by atoms with van der Waals surface area (Å²) in [6, 6.07) is 51.6. The highest BCUT2D eigenvalue weighted by Crippen LogP contribution is 2.42. The van der Waals surface area contributed by atoms with Crippen LogP contribution < -0.4 is 0 Å². The summed E-state index contributed by atoms with van der Waals surface area (Å²) in [4.78, 5) is 8.77. The van der Waals surface area contributed by atoms with Crippen LogP contribution in [0.3, 0.4) is 0 Å². The molecule has 0 aliphatic heterocycles. The first-order chi connectivity index (χ1) is 23.3. The van der Waals surface area contributed by atoms with Gasteiger partial charge in [0.2, 0.25) is 0 Å². The van der Waals surface area contributed by atoms with Crippen molar-refractivity contribution in [2.24, 2.45) is 0 Å². The molecule has 0 aliphatic carbocycles. The van der Waals surface area contributed by atoms with Crippen LogP contribution in [0.2, 0.25) is 0 Å². The normalized spacial score (nSPS) is 11.4. The number of fused-ring (bicyclic) bond motifs is 4. The Kier molecular flexibility index (Phi) is 6.46. The van der Waals surface area contributed by atoms with E-state index in [2.05, 4.69) is 143 Å². The molecule has 220 valence electrons. The molecule has 0 amide bonds. The second kappa shape index (κ2) is 11.2. The molecule has 3 heteroatoms. The Morgan fingerprint density at radius 1 is 0.340 bits per heavy atom. The van der Waals surface area contributed by atoms with E-state index < -0.39 is 0 Å². The maximum Gasteiger partial charge on any atom is 0.143 e. The van der Waals surface area contributed by atoms with E-state index in [4.69, 9.17) is 4.42 Å². The van der Waals surface area contributed by atoms with Gasteiger partial charge in [-0.2, -0.15) is 0 Å². The lowest BCUT2D eigenvalue weighted by molar-refractivity contribution is 0.671. The zero-order valence-electron chi connectivity index (χ0n) is 25.5. The van der Waals surface area contributed by atoms with E-state index in [9.17, 15) is 0 Å². The molecule has 3 heterocycles. The third-order valence-electron chi connectivity index (χ3n) is 9.04. The Bertz CT molecular complexity index is 2490. The van der Waals surface area contributed by atoms with E-state index in [1.165, 1.54) is 21.9 Å². The number of para-hydroxylation sites is 2. The number of benzene rings is 6. The first kappa shape index (κ1) is 27.0. The maximum absolute atomic E-state index is 6.85.